The smallest absolute Gasteiger partial charge is 0.265 e. The Morgan fingerprint density at radius 3 is 1.18 bits per heavy atom. The standard InChI is InChI=1S/2C10H16O4S.C8H8Cl2/c2*1-9(2)7-3-4-10(9,8(11)5-7)6-15(12,13)14;9-5-7-1-2-8(6-10)4-3-7/h2*7H,3-6H2,1-2H3,(H,12,13,14);1-4H,5-6H2. The number of hydrogen-bond donors (Lipinski definition) is 2. The molecule has 4 fully saturated rings. The molecule has 0 heterocycles. The fourth-order valence-electron chi connectivity index (χ4n) is 7.56. The van der Waals surface area contributed by atoms with E-state index in [1.807, 2.05) is 52.0 Å². The Balaban J connectivity index is 0.000000169. The molecule has 4 aliphatic rings. The minimum absolute atomic E-state index is 0.0152. The van der Waals surface area contributed by atoms with Gasteiger partial charge in [-0.25, -0.2) is 0 Å². The number of ketones is 2. The molecule has 0 spiro atoms. The second-order valence-corrected chi connectivity index (χ2v) is 16.3. The van der Waals surface area contributed by atoms with Crippen LogP contribution in [0, 0.1) is 33.5 Å². The molecule has 4 aliphatic carbocycles. The summed E-state index contributed by atoms with van der Waals surface area (Å²) in [4.78, 5) is 23.8. The van der Waals surface area contributed by atoms with Crippen LogP contribution in [-0.2, 0) is 41.6 Å². The van der Waals surface area contributed by atoms with Crippen LogP contribution >= 0.6 is 23.2 Å². The first-order valence-corrected chi connectivity index (χ1v) is 17.7. The summed E-state index contributed by atoms with van der Waals surface area (Å²) in [5.74, 6) is 0.941. The first-order chi connectivity index (χ1) is 18.2. The first-order valence-electron chi connectivity index (χ1n) is 13.4. The predicted molar refractivity (Wildman–Crippen MR) is 156 cm³/mol. The van der Waals surface area contributed by atoms with Gasteiger partial charge in [0.25, 0.3) is 20.2 Å². The average Bonchev–Trinajstić information content (AvgIpc) is 3.36. The van der Waals surface area contributed by atoms with Crippen LogP contribution in [0.25, 0.3) is 0 Å². The summed E-state index contributed by atoms with van der Waals surface area (Å²) in [5.41, 5.74) is 0.0297. The van der Waals surface area contributed by atoms with Crippen LogP contribution in [0.4, 0.5) is 0 Å². The van der Waals surface area contributed by atoms with Gasteiger partial charge in [-0.1, -0.05) is 52.0 Å². The Bertz CT molecular complexity index is 1240. The van der Waals surface area contributed by atoms with Crippen molar-refractivity contribution in [2.24, 2.45) is 33.5 Å². The maximum atomic E-state index is 11.9. The van der Waals surface area contributed by atoms with Gasteiger partial charge in [-0.05, 0) is 59.5 Å². The molecule has 5 rings (SSSR count). The van der Waals surface area contributed by atoms with Gasteiger partial charge < -0.3 is 0 Å². The molecule has 4 atom stereocenters. The van der Waals surface area contributed by atoms with Crippen molar-refractivity contribution in [2.45, 2.75) is 78.0 Å². The van der Waals surface area contributed by atoms with E-state index in [1.54, 1.807) is 0 Å². The van der Waals surface area contributed by atoms with E-state index in [-0.39, 0.29) is 34.2 Å². The van der Waals surface area contributed by atoms with Crippen LogP contribution in [-0.4, -0.2) is 49.0 Å². The Morgan fingerprint density at radius 1 is 0.700 bits per heavy atom. The maximum Gasteiger partial charge on any atom is 0.265 e. The summed E-state index contributed by atoms with van der Waals surface area (Å²) >= 11 is 11.2. The predicted octanol–water partition coefficient (Wildman–Crippen LogP) is 5.70. The molecule has 4 saturated carbocycles. The Kier molecular flexibility index (Phi) is 9.67. The van der Waals surface area contributed by atoms with Crippen LogP contribution in [0.3, 0.4) is 0 Å². The van der Waals surface area contributed by atoms with E-state index < -0.39 is 42.6 Å². The number of hydrogen-bond acceptors (Lipinski definition) is 6. The van der Waals surface area contributed by atoms with Gasteiger partial charge in [-0.3, -0.25) is 18.7 Å². The maximum absolute atomic E-state index is 11.9. The fraction of sp³-hybridized carbons (Fsp3) is 0.714. The van der Waals surface area contributed by atoms with Gasteiger partial charge in [0, 0.05) is 24.6 Å². The van der Waals surface area contributed by atoms with Crippen LogP contribution in [0.2, 0.25) is 0 Å². The van der Waals surface area contributed by atoms with E-state index in [4.69, 9.17) is 32.3 Å². The molecule has 1 aromatic rings. The van der Waals surface area contributed by atoms with Gasteiger partial charge in [0.2, 0.25) is 0 Å². The van der Waals surface area contributed by atoms with E-state index >= 15 is 0 Å². The molecule has 40 heavy (non-hydrogen) atoms. The van der Waals surface area contributed by atoms with Gasteiger partial charge in [-0.2, -0.15) is 16.8 Å². The third-order valence-corrected chi connectivity index (χ3v) is 12.8. The van der Waals surface area contributed by atoms with E-state index in [1.165, 1.54) is 0 Å². The SMILES string of the molecule is CC1(C)C2CCC1(CS(=O)(=O)O)C(=O)C2.CC1(C)C2CCC1(CS(=O)(=O)O)C(=O)C2.ClCc1ccc(CCl)cc1. The molecule has 0 saturated heterocycles. The summed E-state index contributed by atoms with van der Waals surface area (Å²) < 4.78 is 62.0. The van der Waals surface area contributed by atoms with Gasteiger partial charge in [0.15, 0.2) is 0 Å². The molecule has 12 heteroatoms. The molecule has 4 unspecified atom stereocenters. The first kappa shape index (κ1) is 33.5. The van der Waals surface area contributed by atoms with Crippen molar-refractivity contribution < 1.29 is 35.5 Å². The van der Waals surface area contributed by atoms with Crippen molar-refractivity contribution in [2.75, 3.05) is 11.5 Å². The van der Waals surface area contributed by atoms with Crippen molar-refractivity contribution >= 4 is 55.0 Å². The van der Waals surface area contributed by atoms with Crippen molar-refractivity contribution in [1.29, 1.82) is 0 Å². The molecule has 0 aliphatic heterocycles. The monoisotopic (exact) mass is 638 g/mol. The number of Topliss-reactive ketones (excluding diaryl/α,β-unsaturated/α-hetero) is 2. The highest BCUT2D eigenvalue weighted by Gasteiger charge is 2.66. The number of fused-ring (bicyclic) bond motifs is 4. The van der Waals surface area contributed by atoms with Crippen molar-refractivity contribution in [3.8, 4) is 0 Å². The fourth-order valence-corrected chi connectivity index (χ4v) is 10.5. The zero-order valence-electron chi connectivity index (χ0n) is 23.5. The topological polar surface area (TPSA) is 143 Å². The summed E-state index contributed by atoms with van der Waals surface area (Å²) in [6, 6.07) is 7.96. The van der Waals surface area contributed by atoms with Gasteiger partial charge >= 0.3 is 0 Å². The second kappa shape index (κ2) is 11.6. The highest BCUT2D eigenvalue weighted by molar-refractivity contribution is 7.86. The number of benzene rings is 1. The van der Waals surface area contributed by atoms with Crippen molar-refractivity contribution in [1.82, 2.24) is 0 Å². The highest BCUT2D eigenvalue weighted by atomic mass is 35.5. The van der Waals surface area contributed by atoms with Crippen LogP contribution in [0.15, 0.2) is 24.3 Å². The minimum Gasteiger partial charge on any atom is -0.299 e. The van der Waals surface area contributed by atoms with Crippen molar-refractivity contribution in [3.63, 3.8) is 0 Å². The van der Waals surface area contributed by atoms with Crippen LogP contribution in [0.5, 0.6) is 0 Å². The van der Waals surface area contributed by atoms with E-state index in [9.17, 15) is 26.4 Å². The lowest BCUT2D eigenvalue weighted by Gasteiger charge is -2.35. The molecule has 1 aromatic carbocycles. The third-order valence-electron chi connectivity index (χ3n) is 10.5. The van der Waals surface area contributed by atoms with Gasteiger partial charge in [0.05, 0.1) is 22.3 Å². The Labute approximate surface area is 248 Å². The highest BCUT2D eigenvalue weighted by Crippen LogP contribution is 2.65. The van der Waals surface area contributed by atoms with E-state index in [2.05, 4.69) is 0 Å². The van der Waals surface area contributed by atoms with Crippen LogP contribution in [0.1, 0.15) is 77.3 Å². The summed E-state index contributed by atoms with van der Waals surface area (Å²) in [7, 11) is -8.15. The average molecular weight is 640 g/mol. The molecular formula is C28H40Cl2O8S2. The Hall–Kier alpha value is -1.04. The summed E-state index contributed by atoms with van der Waals surface area (Å²) in [6.07, 6.45) is 3.94. The van der Waals surface area contributed by atoms with E-state index in [0.29, 0.717) is 37.4 Å². The lowest BCUT2D eigenvalue weighted by molar-refractivity contribution is -0.128. The molecule has 0 aromatic heterocycles. The molecule has 8 nitrogen and oxygen atoms in total. The number of carbonyl (C=O) groups is 2. The van der Waals surface area contributed by atoms with Crippen LogP contribution < -0.4 is 0 Å². The number of halogens is 2. The summed E-state index contributed by atoms with van der Waals surface area (Å²) in [5, 5.41) is 0. The molecule has 0 radical (unpaired) electrons. The zero-order chi connectivity index (χ0) is 30.4. The molecular weight excluding hydrogens is 599 g/mol. The second-order valence-electron chi connectivity index (χ2n) is 12.9. The van der Waals surface area contributed by atoms with Gasteiger partial charge in [0.1, 0.15) is 11.6 Å². The molecule has 226 valence electrons. The molecule has 0 amide bonds. The molecule has 2 N–H and O–H groups in total. The lowest BCUT2D eigenvalue weighted by atomic mass is 9.70. The number of rotatable bonds is 6. The molecule has 4 bridgehead atoms. The zero-order valence-corrected chi connectivity index (χ0v) is 26.6. The van der Waals surface area contributed by atoms with Crippen molar-refractivity contribution in [3.05, 3.63) is 35.4 Å². The lowest BCUT2D eigenvalue weighted by Crippen LogP contribution is -2.42. The Morgan fingerprint density at radius 2 is 1.00 bits per heavy atom. The normalized spacial score (nSPS) is 31.4. The quantitative estimate of drug-likeness (QED) is 0.298. The largest absolute Gasteiger partial charge is 0.299 e. The minimum atomic E-state index is -4.08. The van der Waals surface area contributed by atoms with E-state index in [0.717, 1.165) is 24.0 Å². The summed E-state index contributed by atoms with van der Waals surface area (Å²) in [6.45, 7) is 7.78. The van der Waals surface area contributed by atoms with Gasteiger partial charge in [-0.15, -0.1) is 23.2 Å². The number of alkyl halides is 2. The third kappa shape index (κ3) is 6.32. The number of carbonyl (C=O) groups excluding carboxylic acids is 2.